The lowest BCUT2D eigenvalue weighted by Crippen LogP contribution is -2.43. The first-order valence-electron chi connectivity index (χ1n) is 6.04. The Bertz CT molecular complexity index is 425. The molecule has 1 aromatic rings. The Morgan fingerprint density at radius 2 is 2.11 bits per heavy atom. The Labute approximate surface area is 110 Å². The third kappa shape index (κ3) is 5.21. The Kier molecular flexibility index (Phi) is 5.69. The van der Waals surface area contributed by atoms with Crippen molar-refractivity contribution in [2.75, 3.05) is 19.7 Å². The predicted octanol–water partition coefficient (Wildman–Crippen LogP) is 1.34. The van der Waals surface area contributed by atoms with Crippen molar-refractivity contribution >= 4 is 5.91 Å². The highest BCUT2D eigenvalue weighted by atomic mass is 19.3. The Morgan fingerprint density at radius 1 is 1.42 bits per heavy atom. The van der Waals surface area contributed by atoms with Gasteiger partial charge in [-0.1, -0.05) is 25.1 Å². The van der Waals surface area contributed by atoms with Gasteiger partial charge in [-0.25, -0.2) is 8.78 Å². The molecule has 0 saturated heterocycles. The number of hydrogen-bond donors (Lipinski definition) is 2. The van der Waals surface area contributed by atoms with Crippen LogP contribution in [0.3, 0.4) is 0 Å². The zero-order valence-corrected chi connectivity index (χ0v) is 10.8. The van der Waals surface area contributed by atoms with Crippen molar-refractivity contribution in [3.8, 4) is 5.75 Å². The minimum absolute atomic E-state index is 0.294. The first-order chi connectivity index (χ1) is 8.98. The molecular weight excluding hydrogens is 254 g/mol. The minimum atomic E-state index is -3.09. The second-order valence-electron chi connectivity index (χ2n) is 4.09. The third-order valence-electron chi connectivity index (χ3n) is 2.56. The van der Waals surface area contributed by atoms with Crippen LogP contribution >= 0.6 is 0 Å². The summed E-state index contributed by atoms with van der Waals surface area (Å²) in [4.78, 5) is 11.4. The fourth-order valence-corrected chi connectivity index (χ4v) is 1.43. The van der Waals surface area contributed by atoms with E-state index in [1.807, 2.05) is 19.1 Å². The molecule has 0 saturated carbocycles. The van der Waals surface area contributed by atoms with Gasteiger partial charge in [-0.3, -0.25) is 4.79 Å². The van der Waals surface area contributed by atoms with E-state index in [2.05, 4.69) is 5.32 Å². The van der Waals surface area contributed by atoms with Crippen molar-refractivity contribution in [1.29, 1.82) is 0 Å². The van der Waals surface area contributed by atoms with Gasteiger partial charge in [-0.05, 0) is 18.1 Å². The van der Waals surface area contributed by atoms with E-state index in [9.17, 15) is 13.6 Å². The summed E-state index contributed by atoms with van der Waals surface area (Å²) in [6.45, 7) is 0.0929. The molecule has 0 heterocycles. The topological polar surface area (TPSA) is 64.3 Å². The van der Waals surface area contributed by atoms with Gasteiger partial charge in [0.2, 0.25) is 0 Å². The molecule has 0 bridgehead atoms. The molecule has 0 unspecified atom stereocenters. The monoisotopic (exact) mass is 272 g/mol. The SMILES string of the molecule is CCc1ccccc1OCC(=O)NCC(F)(F)CN. The van der Waals surface area contributed by atoms with Gasteiger partial charge in [-0.15, -0.1) is 0 Å². The molecule has 0 radical (unpaired) electrons. The van der Waals surface area contributed by atoms with Crippen molar-refractivity contribution in [1.82, 2.24) is 5.32 Å². The van der Waals surface area contributed by atoms with E-state index in [0.717, 1.165) is 12.0 Å². The van der Waals surface area contributed by atoms with Gasteiger partial charge in [-0.2, -0.15) is 0 Å². The summed E-state index contributed by atoms with van der Waals surface area (Å²) in [5, 5.41) is 2.09. The number of aryl methyl sites for hydroxylation is 1. The molecule has 0 atom stereocenters. The molecular formula is C13H18F2N2O2. The zero-order valence-electron chi connectivity index (χ0n) is 10.8. The summed E-state index contributed by atoms with van der Waals surface area (Å²) in [5.41, 5.74) is 5.82. The summed E-state index contributed by atoms with van der Waals surface area (Å²) in [6.07, 6.45) is 0.767. The maximum atomic E-state index is 12.8. The first-order valence-corrected chi connectivity index (χ1v) is 6.04. The van der Waals surface area contributed by atoms with Gasteiger partial charge in [0.05, 0.1) is 13.1 Å². The number of carbonyl (C=O) groups excluding carboxylic acids is 1. The van der Waals surface area contributed by atoms with Crippen molar-refractivity contribution in [3.63, 3.8) is 0 Å². The number of amides is 1. The number of nitrogens with one attached hydrogen (secondary N) is 1. The van der Waals surface area contributed by atoms with Gasteiger partial charge in [0.1, 0.15) is 5.75 Å². The molecule has 1 rings (SSSR count). The lowest BCUT2D eigenvalue weighted by molar-refractivity contribution is -0.124. The van der Waals surface area contributed by atoms with Crippen LogP contribution in [0.15, 0.2) is 24.3 Å². The van der Waals surface area contributed by atoms with E-state index in [1.54, 1.807) is 12.1 Å². The van der Waals surface area contributed by atoms with E-state index in [4.69, 9.17) is 10.5 Å². The highest BCUT2D eigenvalue weighted by molar-refractivity contribution is 5.77. The van der Waals surface area contributed by atoms with E-state index < -0.39 is 24.9 Å². The summed E-state index contributed by atoms with van der Waals surface area (Å²) in [5.74, 6) is -3.10. The molecule has 1 aromatic carbocycles. The third-order valence-corrected chi connectivity index (χ3v) is 2.56. The van der Waals surface area contributed by atoms with Crippen LogP contribution in [0.25, 0.3) is 0 Å². The van der Waals surface area contributed by atoms with Crippen molar-refractivity contribution in [2.45, 2.75) is 19.3 Å². The Balaban J connectivity index is 2.42. The van der Waals surface area contributed by atoms with Gasteiger partial charge >= 0.3 is 0 Å². The summed E-state index contributed by atoms with van der Waals surface area (Å²) < 4.78 is 30.9. The van der Waals surface area contributed by atoms with E-state index in [-0.39, 0.29) is 6.61 Å². The first kappa shape index (κ1) is 15.4. The fourth-order valence-electron chi connectivity index (χ4n) is 1.43. The maximum absolute atomic E-state index is 12.8. The van der Waals surface area contributed by atoms with Crippen LogP contribution in [0, 0.1) is 0 Å². The number of ether oxygens (including phenoxy) is 1. The van der Waals surface area contributed by atoms with Gasteiger partial charge < -0.3 is 15.8 Å². The number of hydrogen-bond acceptors (Lipinski definition) is 3. The van der Waals surface area contributed by atoms with Crippen molar-refractivity contribution in [3.05, 3.63) is 29.8 Å². The van der Waals surface area contributed by atoms with E-state index in [0.29, 0.717) is 5.75 Å². The molecule has 106 valence electrons. The maximum Gasteiger partial charge on any atom is 0.277 e. The predicted molar refractivity (Wildman–Crippen MR) is 68.3 cm³/mol. The lowest BCUT2D eigenvalue weighted by Gasteiger charge is -2.15. The number of nitrogens with two attached hydrogens (primary N) is 1. The minimum Gasteiger partial charge on any atom is -0.483 e. The second kappa shape index (κ2) is 7.04. The number of para-hydroxylation sites is 1. The number of benzene rings is 1. The fraction of sp³-hybridized carbons (Fsp3) is 0.462. The number of alkyl halides is 2. The molecule has 0 aliphatic rings. The number of carbonyl (C=O) groups is 1. The smallest absolute Gasteiger partial charge is 0.277 e. The average Bonchev–Trinajstić information content (AvgIpc) is 2.43. The molecule has 6 heteroatoms. The zero-order chi connectivity index (χ0) is 14.3. The normalized spacial score (nSPS) is 11.2. The van der Waals surface area contributed by atoms with Crippen LogP contribution in [0.4, 0.5) is 8.78 Å². The summed E-state index contributed by atoms with van der Waals surface area (Å²) >= 11 is 0. The largest absolute Gasteiger partial charge is 0.483 e. The van der Waals surface area contributed by atoms with Gasteiger partial charge in [0.15, 0.2) is 6.61 Å². The van der Waals surface area contributed by atoms with E-state index >= 15 is 0 Å². The highest BCUT2D eigenvalue weighted by Crippen LogP contribution is 2.18. The highest BCUT2D eigenvalue weighted by Gasteiger charge is 2.27. The van der Waals surface area contributed by atoms with E-state index in [1.165, 1.54) is 0 Å². The standard InChI is InChI=1S/C13H18F2N2O2/c1-2-10-5-3-4-6-11(10)19-7-12(18)17-9-13(14,15)8-16/h3-6H,2,7-9,16H2,1H3,(H,17,18). The number of halogens is 2. The number of rotatable bonds is 7. The molecule has 3 N–H and O–H groups in total. The Hall–Kier alpha value is -1.69. The second-order valence-corrected chi connectivity index (χ2v) is 4.09. The van der Waals surface area contributed by atoms with Crippen LogP contribution in [0.5, 0.6) is 5.75 Å². The van der Waals surface area contributed by atoms with Crippen LogP contribution in [-0.4, -0.2) is 31.5 Å². The summed E-state index contributed by atoms with van der Waals surface area (Å²) in [6, 6.07) is 7.28. The van der Waals surface area contributed by atoms with Crippen LogP contribution < -0.4 is 15.8 Å². The van der Waals surface area contributed by atoms with Crippen LogP contribution in [0.1, 0.15) is 12.5 Å². The van der Waals surface area contributed by atoms with Crippen molar-refractivity contribution in [2.24, 2.45) is 5.73 Å². The van der Waals surface area contributed by atoms with Gasteiger partial charge in [0, 0.05) is 0 Å². The molecule has 4 nitrogen and oxygen atoms in total. The quantitative estimate of drug-likeness (QED) is 0.787. The molecule has 0 spiro atoms. The molecule has 0 aliphatic carbocycles. The Morgan fingerprint density at radius 3 is 2.74 bits per heavy atom. The van der Waals surface area contributed by atoms with Gasteiger partial charge in [0.25, 0.3) is 11.8 Å². The van der Waals surface area contributed by atoms with Crippen LogP contribution in [-0.2, 0) is 11.2 Å². The molecule has 19 heavy (non-hydrogen) atoms. The summed E-state index contributed by atoms with van der Waals surface area (Å²) in [7, 11) is 0. The molecule has 1 amide bonds. The molecule has 0 aliphatic heterocycles. The van der Waals surface area contributed by atoms with Crippen LogP contribution in [0.2, 0.25) is 0 Å². The lowest BCUT2D eigenvalue weighted by atomic mass is 10.1. The molecule has 0 aromatic heterocycles. The van der Waals surface area contributed by atoms with Crippen molar-refractivity contribution < 1.29 is 18.3 Å². The average molecular weight is 272 g/mol. The molecule has 0 fully saturated rings.